The lowest BCUT2D eigenvalue weighted by Gasteiger charge is -2.21. The highest BCUT2D eigenvalue weighted by Crippen LogP contribution is 2.23. The van der Waals surface area contributed by atoms with E-state index in [1.807, 2.05) is 25.1 Å². The van der Waals surface area contributed by atoms with E-state index in [-0.39, 0.29) is 23.9 Å². The lowest BCUT2D eigenvalue weighted by atomic mass is 10.2. The minimum Gasteiger partial charge on any atom is -0.441 e. The Hall–Kier alpha value is -3.62. The van der Waals surface area contributed by atoms with Gasteiger partial charge in [-0.05, 0) is 37.6 Å². The summed E-state index contributed by atoms with van der Waals surface area (Å²) in [6, 6.07) is 10.6. The molecular formula is C22H20F3N3O3. The second-order valence-corrected chi connectivity index (χ2v) is 6.79. The van der Waals surface area contributed by atoms with Crippen molar-refractivity contribution < 1.29 is 27.2 Å². The van der Waals surface area contributed by atoms with Crippen LogP contribution in [0.2, 0.25) is 0 Å². The van der Waals surface area contributed by atoms with E-state index in [9.17, 15) is 22.8 Å². The molecule has 9 heteroatoms. The average Bonchev–Trinajstić information content (AvgIpc) is 3.15. The number of aryl methyl sites for hydroxylation is 1. The molecule has 0 fully saturated rings. The number of rotatable bonds is 7. The molecule has 0 aliphatic carbocycles. The Morgan fingerprint density at radius 2 is 1.77 bits per heavy atom. The predicted molar refractivity (Wildman–Crippen MR) is 108 cm³/mol. The molecule has 0 atom stereocenters. The molecule has 0 bridgehead atoms. The Bertz CT molecular complexity index is 1100. The quantitative estimate of drug-likeness (QED) is 0.557. The SMILES string of the molecule is CCCN(CC(=O)Nc1ccc(F)c(F)c1F)C(=O)c1nc(-c2ccccc2)oc1C. The third-order valence-electron chi connectivity index (χ3n) is 4.44. The van der Waals surface area contributed by atoms with E-state index in [2.05, 4.69) is 10.3 Å². The van der Waals surface area contributed by atoms with Gasteiger partial charge in [-0.25, -0.2) is 18.2 Å². The zero-order chi connectivity index (χ0) is 22.5. The summed E-state index contributed by atoms with van der Waals surface area (Å²) < 4.78 is 45.9. The number of carbonyl (C=O) groups excluding carboxylic acids is 2. The Balaban J connectivity index is 1.77. The molecule has 3 aromatic rings. The fraction of sp³-hybridized carbons (Fsp3) is 0.227. The van der Waals surface area contributed by atoms with Crippen LogP contribution in [-0.2, 0) is 4.79 Å². The fourth-order valence-corrected chi connectivity index (χ4v) is 2.96. The van der Waals surface area contributed by atoms with Gasteiger partial charge in [-0.3, -0.25) is 9.59 Å². The van der Waals surface area contributed by atoms with Gasteiger partial charge in [0.25, 0.3) is 5.91 Å². The summed E-state index contributed by atoms with van der Waals surface area (Å²) >= 11 is 0. The van der Waals surface area contributed by atoms with Gasteiger partial charge in [-0.1, -0.05) is 25.1 Å². The number of benzene rings is 2. The summed E-state index contributed by atoms with van der Waals surface area (Å²) in [6.07, 6.45) is 0.543. The summed E-state index contributed by atoms with van der Waals surface area (Å²) in [5.41, 5.74) is 0.231. The molecule has 0 aliphatic rings. The molecule has 0 radical (unpaired) electrons. The zero-order valence-corrected chi connectivity index (χ0v) is 16.9. The van der Waals surface area contributed by atoms with Crippen LogP contribution < -0.4 is 5.32 Å². The standard InChI is InChI=1S/C22H20F3N3O3/c1-3-11-28(12-17(29)26-16-10-9-15(23)18(24)19(16)25)22(30)20-13(2)31-21(27-20)14-7-5-4-6-8-14/h4-10H,3,11-12H2,1-2H3,(H,26,29). The molecule has 2 aromatic carbocycles. The van der Waals surface area contributed by atoms with E-state index < -0.39 is 41.5 Å². The van der Waals surface area contributed by atoms with Crippen molar-refractivity contribution in [2.24, 2.45) is 0 Å². The summed E-state index contributed by atoms with van der Waals surface area (Å²) in [7, 11) is 0. The second-order valence-electron chi connectivity index (χ2n) is 6.79. The first kappa shape index (κ1) is 22.1. The normalized spacial score (nSPS) is 10.7. The van der Waals surface area contributed by atoms with Crippen molar-refractivity contribution in [3.05, 3.63) is 71.4 Å². The van der Waals surface area contributed by atoms with Crippen LogP contribution in [0, 0.1) is 24.4 Å². The van der Waals surface area contributed by atoms with Crippen LogP contribution in [-0.4, -0.2) is 34.8 Å². The van der Waals surface area contributed by atoms with E-state index in [1.165, 1.54) is 4.90 Å². The topological polar surface area (TPSA) is 75.4 Å². The summed E-state index contributed by atoms with van der Waals surface area (Å²) in [5, 5.41) is 2.16. The number of halogens is 3. The molecule has 1 N–H and O–H groups in total. The number of oxazole rings is 1. The van der Waals surface area contributed by atoms with E-state index >= 15 is 0 Å². The highest BCUT2D eigenvalue weighted by atomic mass is 19.2. The molecule has 0 saturated heterocycles. The number of nitrogens with zero attached hydrogens (tertiary/aromatic N) is 2. The first-order valence-corrected chi connectivity index (χ1v) is 9.57. The van der Waals surface area contributed by atoms with Crippen molar-refractivity contribution in [3.63, 3.8) is 0 Å². The van der Waals surface area contributed by atoms with Gasteiger partial charge in [0.1, 0.15) is 12.3 Å². The molecule has 162 valence electrons. The second kappa shape index (κ2) is 9.46. The smallest absolute Gasteiger partial charge is 0.276 e. The molecule has 1 heterocycles. The largest absolute Gasteiger partial charge is 0.441 e. The van der Waals surface area contributed by atoms with Crippen LogP contribution in [0.1, 0.15) is 29.6 Å². The van der Waals surface area contributed by atoms with Crippen molar-refractivity contribution in [1.82, 2.24) is 9.88 Å². The average molecular weight is 431 g/mol. The molecule has 0 aliphatic heterocycles. The molecule has 0 spiro atoms. The van der Waals surface area contributed by atoms with Crippen molar-refractivity contribution in [3.8, 4) is 11.5 Å². The van der Waals surface area contributed by atoms with Gasteiger partial charge in [0.2, 0.25) is 11.8 Å². The van der Waals surface area contributed by atoms with E-state index in [0.29, 0.717) is 18.1 Å². The number of hydrogen-bond donors (Lipinski definition) is 1. The lowest BCUT2D eigenvalue weighted by Crippen LogP contribution is -2.39. The Morgan fingerprint density at radius 1 is 1.06 bits per heavy atom. The summed E-state index contributed by atoms with van der Waals surface area (Å²) in [6.45, 7) is 3.20. The first-order chi connectivity index (χ1) is 14.8. The summed E-state index contributed by atoms with van der Waals surface area (Å²) in [4.78, 5) is 30.9. The van der Waals surface area contributed by atoms with Crippen molar-refractivity contribution in [2.45, 2.75) is 20.3 Å². The molecule has 1 aromatic heterocycles. The molecule has 0 saturated carbocycles. The van der Waals surface area contributed by atoms with Crippen LogP contribution in [0.25, 0.3) is 11.5 Å². The third kappa shape index (κ3) is 4.93. The van der Waals surface area contributed by atoms with Crippen molar-refractivity contribution in [1.29, 1.82) is 0 Å². The fourth-order valence-electron chi connectivity index (χ4n) is 2.96. The molecule has 0 unspecified atom stereocenters. The van der Waals surface area contributed by atoms with Crippen LogP contribution in [0.3, 0.4) is 0 Å². The maximum absolute atomic E-state index is 13.8. The molecule has 3 rings (SSSR count). The number of anilines is 1. The van der Waals surface area contributed by atoms with Crippen LogP contribution >= 0.6 is 0 Å². The Labute approximate surface area is 176 Å². The van der Waals surface area contributed by atoms with Crippen LogP contribution in [0.15, 0.2) is 46.9 Å². The summed E-state index contributed by atoms with van der Waals surface area (Å²) in [5.74, 6) is -5.31. The van der Waals surface area contributed by atoms with Crippen LogP contribution in [0.4, 0.5) is 18.9 Å². The number of amides is 2. The van der Waals surface area contributed by atoms with E-state index in [0.717, 1.165) is 6.07 Å². The van der Waals surface area contributed by atoms with Gasteiger partial charge in [-0.15, -0.1) is 0 Å². The van der Waals surface area contributed by atoms with Gasteiger partial charge in [0.15, 0.2) is 23.1 Å². The predicted octanol–water partition coefficient (Wildman–Crippen LogP) is 4.56. The van der Waals surface area contributed by atoms with Crippen LogP contribution in [0.5, 0.6) is 0 Å². The highest BCUT2D eigenvalue weighted by molar-refractivity contribution is 5.99. The first-order valence-electron chi connectivity index (χ1n) is 9.57. The number of nitrogens with one attached hydrogen (secondary N) is 1. The number of hydrogen-bond acceptors (Lipinski definition) is 4. The minimum atomic E-state index is -1.69. The van der Waals surface area contributed by atoms with E-state index in [4.69, 9.17) is 4.42 Å². The maximum atomic E-state index is 13.8. The monoisotopic (exact) mass is 431 g/mol. The van der Waals surface area contributed by atoms with Gasteiger partial charge in [-0.2, -0.15) is 0 Å². The number of carbonyl (C=O) groups is 2. The molecule has 31 heavy (non-hydrogen) atoms. The highest BCUT2D eigenvalue weighted by Gasteiger charge is 2.25. The zero-order valence-electron chi connectivity index (χ0n) is 16.9. The maximum Gasteiger partial charge on any atom is 0.276 e. The third-order valence-corrected chi connectivity index (χ3v) is 4.44. The molecular weight excluding hydrogens is 411 g/mol. The Morgan fingerprint density at radius 3 is 2.45 bits per heavy atom. The van der Waals surface area contributed by atoms with Gasteiger partial charge in [0, 0.05) is 12.1 Å². The van der Waals surface area contributed by atoms with E-state index in [1.54, 1.807) is 19.1 Å². The van der Waals surface area contributed by atoms with Gasteiger partial charge < -0.3 is 14.6 Å². The van der Waals surface area contributed by atoms with Gasteiger partial charge >= 0.3 is 0 Å². The number of aromatic nitrogens is 1. The Kier molecular flexibility index (Phi) is 6.74. The minimum absolute atomic E-state index is 0.0547. The van der Waals surface area contributed by atoms with Crippen molar-refractivity contribution >= 4 is 17.5 Å². The van der Waals surface area contributed by atoms with Crippen molar-refractivity contribution in [2.75, 3.05) is 18.4 Å². The van der Waals surface area contributed by atoms with Gasteiger partial charge in [0.05, 0.1) is 5.69 Å². The molecule has 6 nitrogen and oxygen atoms in total. The molecule has 2 amide bonds. The lowest BCUT2D eigenvalue weighted by molar-refractivity contribution is -0.116.